The number of aromatic nitrogens is 1. The number of amides is 2. The van der Waals surface area contributed by atoms with Gasteiger partial charge in [0.05, 0.1) is 15.2 Å². The zero-order valence-electron chi connectivity index (χ0n) is 11.0. The molecule has 112 valence electrons. The largest absolute Gasteiger partial charge is 0.508 e. The number of carbonyl (C=O) groups is 1. The van der Waals surface area contributed by atoms with Crippen molar-refractivity contribution in [1.82, 2.24) is 4.98 Å². The summed E-state index contributed by atoms with van der Waals surface area (Å²) in [5, 5.41) is 24.5. The molecule has 8 heteroatoms. The monoisotopic (exact) mass is 335 g/mol. The SMILES string of the molecule is O=C(Nc1ccc(O)c(Cl)c1)Nc1nc2ccc(O)cc2s1. The van der Waals surface area contributed by atoms with Crippen LogP contribution in [0.3, 0.4) is 0 Å². The van der Waals surface area contributed by atoms with Crippen molar-refractivity contribution in [1.29, 1.82) is 0 Å². The molecule has 22 heavy (non-hydrogen) atoms. The minimum absolute atomic E-state index is 0.0568. The average molecular weight is 336 g/mol. The van der Waals surface area contributed by atoms with E-state index < -0.39 is 6.03 Å². The van der Waals surface area contributed by atoms with Crippen LogP contribution in [-0.4, -0.2) is 21.2 Å². The number of halogens is 1. The van der Waals surface area contributed by atoms with Crippen LogP contribution in [0.5, 0.6) is 11.5 Å². The van der Waals surface area contributed by atoms with Gasteiger partial charge in [0.25, 0.3) is 0 Å². The van der Waals surface area contributed by atoms with Crippen molar-refractivity contribution in [3.63, 3.8) is 0 Å². The van der Waals surface area contributed by atoms with Crippen molar-refractivity contribution in [3.8, 4) is 11.5 Å². The fourth-order valence-corrected chi connectivity index (χ4v) is 2.89. The van der Waals surface area contributed by atoms with E-state index in [0.717, 1.165) is 4.70 Å². The average Bonchev–Trinajstić information content (AvgIpc) is 2.84. The summed E-state index contributed by atoms with van der Waals surface area (Å²) in [5.41, 5.74) is 1.13. The predicted molar refractivity (Wildman–Crippen MR) is 87.0 cm³/mol. The van der Waals surface area contributed by atoms with E-state index in [1.165, 1.54) is 35.6 Å². The van der Waals surface area contributed by atoms with E-state index >= 15 is 0 Å². The quantitative estimate of drug-likeness (QED) is 0.532. The first-order valence-corrected chi connectivity index (χ1v) is 7.37. The fourth-order valence-electron chi connectivity index (χ4n) is 1.81. The molecule has 0 aliphatic carbocycles. The van der Waals surface area contributed by atoms with Gasteiger partial charge < -0.3 is 15.5 Å². The lowest BCUT2D eigenvalue weighted by molar-refractivity contribution is 0.262. The summed E-state index contributed by atoms with van der Waals surface area (Å²) < 4.78 is 0.767. The van der Waals surface area contributed by atoms with Gasteiger partial charge in [-0.3, -0.25) is 5.32 Å². The summed E-state index contributed by atoms with van der Waals surface area (Å²) >= 11 is 7.02. The molecule has 0 unspecified atom stereocenters. The first kappa shape index (κ1) is 14.4. The first-order valence-electron chi connectivity index (χ1n) is 6.17. The van der Waals surface area contributed by atoms with Gasteiger partial charge in [-0.1, -0.05) is 22.9 Å². The Morgan fingerprint density at radius 2 is 1.95 bits per heavy atom. The molecule has 0 aliphatic heterocycles. The third-order valence-electron chi connectivity index (χ3n) is 2.80. The number of nitrogens with one attached hydrogen (secondary N) is 2. The molecule has 6 nitrogen and oxygen atoms in total. The molecule has 0 atom stereocenters. The summed E-state index contributed by atoms with van der Waals surface area (Å²) in [4.78, 5) is 16.1. The molecular weight excluding hydrogens is 326 g/mol. The van der Waals surface area contributed by atoms with Crippen molar-refractivity contribution in [2.75, 3.05) is 10.6 Å². The van der Waals surface area contributed by atoms with Gasteiger partial charge in [-0.2, -0.15) is 0 Å². The Morgan fingerprint density at radius 3 is 2.73 bits per heavy atom. The molecule has 2 aromatic carbocycles. The summed E-state index contributed by atoms with van der Waals surface area (Å²) in [5.74, 6) is 0.0875. The zero-order valence-corrected chi connectivity index (χ0v) is 12.6. The maximum atomic E-state index is 11.9. The third-order valence-corrected chi connectivity index (χ3v) is 4.03. The van der Waals surface area contributed by atoms with E-state index in [1.54, 1.807) is 12.1 Å². The number of phenolic OH excluding ortho intramolecular Hbond substituents is 2. The molecule has 0 radical (unpaired) electrons. The molecule has 1 aromatic heterocycles. The Morgan fingerprint density at radius 1 is 1.14 bits per heavy atom. The molecule has 0 bridgehead atoms. The summed E-state index contributed by atoms with van der Waals surface area (Å²) in [7, 11) is 0. The van der Waals surface area contributed by atoms with E-state index in [0.29, 0.717) is 16.3 Å². The van der Waals surface area contributed by atoms with E-state index in [1.807, 2.05) is 0 Å². The Balaban J connectivity index is 1.73. The van der Waals surface area contributed by atoms with Crippen LogP contribution in [0.2, 0.25) is 5.02 Å². The summed E-state index contributed by atoms with van der Waals surface area (Å²) in [6, 6.07) is 8.65. The Kier molecular flexibility index (Phi) is 3.74. The number of fused-ring (bicyclic) bond motifs is 1. The molecular formula is C14H10ClN3O3S. The number of thiazole rings is 1. The van der Waals surface area contributed by atoms with Crippen LogP contribution < -0.4 is 10.6 Å². The number of urea groups is 1. The molecule has 0 aliphatic rings. The second-order valence-electron chi connectivity index (χ2n) is 4.42. The van der Waals surface area contributed by atoms with Gasteiger partial charge in [0.1, 0.15) is 11.5 Å². The van der Waals surface area contributed by atoms with Crippen LogP contribution in [0.15, 0.2) is 36.4 Å². The van der Waals surface area contributed by atoms with E-state index in [2.05, 4.69) is 15.6 Å². The molecule has 3 aromatic rings. The Bertz CT molecular complexity index is 866. The lowest BCUT2D eigenvalue weighted by Crippen LogP contribution is -2.19. The van der Waals surface area contributed by atoms with Gasteiger partial charge in [-0.15, -0.1) is 0 Å². The maximum absolute atomic E-state index is 11.9. The topological polar surface area (TPSA) is 94.5 Å². The van der Waals surface area contributed by atoms with Gasteiger partial charge in [0, 0.05) is 5.69 Å². The number of benzene rings is 2. The van der Waals surface area contributed by atoms with Crippen LogP contribution >= 0.6 is 22.9 Å². The highest BCUT2D eigenvalue weighted by Gasteiger charge is 2.09. The van der Waals surface area contributed by atoms with E-state index in [9.17, 15) is 15.0 Å². The lowest BCUT2D eigenvalue weighted by Gasteiger charge is -2.06. The third kappa shape index (κ3) is 3.05. The smallest absolute Gasteiger partial charge is 0.325 e. The number of rotatable bonds is 2. The molecule has 0 saturated heterocycles. The van der Waals surface area contributed by atoms with Crippen LogP contribution in [0.25, 0.3) is 10.2 Å². The van der Waals surface area contributed by atoms with Gasteiger partial charge in [0.2, 0.25) is 0 Å². The second-order valence-corrected chi connectivity index (χ2v) is 5.85. The second kappa shape index (κ2) is 5.70. The number of anilines is 2. The number of hydrogen-bond acceptors (Lipinski definition) is 5. The molecule has 0 spiro atoms. The Labute approximate surface area is 134 Å². The van der Waals surface area contributed by atoms with E-state index in [4.69, 9.17) is 11.6 Å². The van der Waals surface area contributed by atoms with Crippen molar-refractivity contribution < 1.29 is 15.0 Å². The van der Waals surface area contributed by atoms with Crippen LogP contribution in [0.4, 0.5) is 15.6 Å². The van der Waals surface area contributed by atoms with E-state index in [-0.39, 0.29) is 16.5 Å². The zero-order chi connectivity index (χ0) is 15.7. The van der Waals surface area contributed by atoms with Gasteiger partial charge in [-0.25, -0.2) is 9.78 Å². The highest BCUT2D eigenvalue weighted by Crippen LogP contribution is 2.29. The molecule has 0 saturated carbocycles. The Hall–Kier alpha value is -2.51. The molecule has 2 amide bonds. The maximum Gasteiger partial charge on any atom is 0.325 e. The normalized spacial score (nSPS) is 10.6. The molecule has 4 N–H and O–H groups in total. The number of nitrogens with zero attached hydrogens (tertiary/aromatic N) is 1. The fraction of sp³-hybridized carbons (Fsp3) is 0. The minimum atomic E-state index is -0.481. The number of phenols is 2. The molecule has 3 rings (SSSR count). The van der Waals surface area contributed by atoms with Crippen molar-refractivity contribution >= 4 is 50.0 Å². The van der Waals surface area contributed by atoms with Gasteiger partial charge >= 0.3 is 6.03 Å². The number of aromatic hydroxyl groups is 2. The van der Waals surface area contributed by atoms with Crippen LogP contribution in [0, 0.1) is 0 Å². The molecule has 1 heterocycles. The van der Waals surface area contributed by atoms with Gasteiger partial charge in [-0.05, 0) is 36.4 Å². The van der Waals surface area contributed by atoms with Crippen molar-refractivity contribution in [3.05, 3.63) is 41.4 Å². The standard InChI is InChI=1S/C14H10ClN3O3S/c15-9-5-7(1-4-11(9)20)16-13(21)18-14-17-10-3-2-8(19)6-12(10)22-14/h1-6,19-20H,(H2,16,17,18,21). The number of carbonyl (C=O) groups excluding carboxylic acids is 1. The van der Waals surface area contributed by atoms with Crippen molar-refractivity contribution in [2.45, 2.75) is 0 Å². The lowest BCUT2D eigenvalue weighted by atomic mass is 10.3. The first-order chi connectivity index (χ1) is 10.5. The number of hydrogen-bond donors (Lipinski definition) is 4. The molecule has 0 fully saturated rings. The highest BCUT2D eigenvalue weighted by atomic mass is 35.5. The predicted octanol–water partition coefficient (Wildman–Crippen LogP) is 4.00. The summed E-state index contributed by atoms with van der Waals surface area (Å²) in [6.45, 7) is 0. The van der Waals surface area contributed by atoms with Crippen molar-refractivity contribution in [2.24, 2.45) is 0 Å². The minimum Gasteiger partial charge on any atom is -0.508 e. The van der Waals surface area contributed by atoms with Crippen LogP contribution in [-0.2, 0) is 0 Å². The van der Waals surface area contributed by atoms with Gasteiger partial charge in [0.15, 0.2) is 5.13 Å². The highest BCUT2D eigenvalue weighted by molar-refractivity contribution is 7.22. The summed E-state index contributed by atoms with van der Waals surface area (Å²) in [6.07, 6.45) is 0. The van der Waals surface area contributed by atoms with Crippen LogP contribution in [0.1, 0.15) is 0 Å².